The monoisotopic (exact) mass is 179 g/mol. The van der Waals surface area contributed by atoms with Crippen LogP contribution >= 0.6 is 0 Å². The topological polar surface area (TPSA) is 29.1 Å². The van der Waals surface area contributed by atoms with Crippen molar-refractivity contribution in [2.45, 2.75) is 38.8 Å². The number of hydrogen-bond donors (Lipinski definition) is 1. The van der Waals surface area contributed by atoms with E-state index in [4.69, 9.17) is 0 Å². The maximum atomic E-state index is 11.7. The smallest absolute Gasteiger partial charge is 0.187 e. The van der Waals surface area contributed by atoms with Gasteiger partial charge in [-0.05, 0) is 27.7 Å². The molecule has 0 aromatic carbocycles. The Labute approximate surface area is 79.7 Å². The van der Waals surface area contributed by atoms with Crippen LogP contribution in [-0.4, -0.2) is 16.9 Å². The second kappa shape index (κ2) is 2.55. The summed E-state index contributed by atoms with van der Waals surface area (Å²) in [4.78, 5) is 11.7. The normalized spacial score (nSPS) is 26.3. The zero-order valence-electron chi connectivity index (χ0n) is 8.82. The van der Waals surface area contributed by atoms with Crippen molar-refractivity contribution in [3.8, 4) is 0 Å². The van der Waals surface area contributed by atoms with Gasteiger partial charge < -0.3 is 0 Å². The molecule has 0 amide bonds. The van der Waals surface area contributed by atoms with Crippen molar-refractivity contribution < 1.29 is 4.79 Å². The first kappa shape index (κ1) is 10.2. The van der Waals surface area contributed by atoms with Gasteiger partial charge in [-0.3, -0.25) is 10.1 Å². The van der Waals surface area contributed by atoms with Crippen molar-refractivity contribution in [3.63, 3.8) is 0 Å². The molecule has 1 aliphatic heterocycles. The maximum Gasteiger partial charge on any atom is 0.187 e. The first-order chi connectivity index (χ1) is 5.68. The van der Waals surface area contributed by atoms with E-state index in [2.05, 4.69) is 18.5 Å². The van der Waals surface area contributed by atoms with E-state index >= 15 is 0 Å². The summed E-state index contributed by atoms with van der Waals surface area (Å²) in [6.07, 6.45) is 0. The molecule has 0 aliphatic carbocycles. The molecule has 1 fully saturated rings. The largest absolute Gasteiger partial charge is 0.299 e. The fourth-order valence-corrected chi connectivity index (χ4v) is 1.68. The van der Waals surface area contributed by atoms with E-state index in [0.717, 1.165) is 0 Å². The Bertz CT molecular complexity index is 269. The summed E-state index contributed by atoms with van der Waals surface area (Å²) in [5.74, 6) is -0.00579. The molecule has 1 heterocycles. The van der Waals surface area contributed by atoms with Gasteiger partial charge in [0.15, 0.2) is 5.78 Å². The average Bonchev–Trinajstić information content (AvgIpc) is 1.96. The zero-order chi connectivity index (χ0) is 10.4. The molecular weight excluding hydrogens is 162 g/mol. The molecule has 0 aromatic rings. The third-order valence-corrected chi connectivity index (χ3v) is 2.68. The van der Waals surface area contributed by atoms with Gasteiger partial charge in [-0.1, -0.05) is 13.2 Å². The third-order valence-electron chi connectivity index (χ3n) is 2.68. The van der Waals surface area contributed by atoms with Crippen molar-refractivity contribution >= 4 is 5.78 Å². The van der Waals surface area contributed by atoms with Crippen LogP contribution in [0.3, 0.4) is 0 Å². The molecule has 0 atom stereocenters. The molecule has 0 aromatic heterocycles. The second-order valence-electron chi connectivity index (χ2n) is 4.66. The highest BCUT2D eigenvalue weighted by atomic mass is 16.1. The summed E-state index contributed by atoms with van der Waals surface area (Å²) in [5, 5.41) is 3.34. The molecule has 13 heavy (non-hydrogen) atoms. The van der Waals surface area contributed by atoms with Gasteiger partial charge in [-0.2, -0.15) is 0 Å². The van der Waals surface area contributed by atoms with E-state index in [1.54, 1.807) is 0 Å². The fraction of sp³-hybridized carbons (Fsp3) is 0.545. The molecule has 0 unspecified atom stereocenters. The molecule has 1 rings (SSSR count). The highest BCUT2D eigenvalue weighted by molar-refractivity contribution is 6.11. The molecule has 0 saturated carbocycles. The molecule has 0 spiro atoms. The van der Waals surface area contributed by atoms with Crippen molar-refractivity contribution in [1.82, 2.24) is 5.32 Å². The fourth-order valence-electron chi connectivity index (χ4n) is 1.68. The summed E-state index contributed by atoms with van der Waals surface area (Å²) in [5.41, 5.74) is 0.525. The Morgan fingerprint density at radius 3 is 1.62 bits per heavy atom. The van der Waals surface area contributed by atoms with E-state index in [9.17, 15) is 4.79 Å². The van der Waals surface area contributed by atoms with Crippen molar-refractivity contribution in [2.24, 2.45) is 0 Å². The highest BCUT2D eigenvalue weighted by Gasteiger charge is 2.42. The van der Waals surface area contributed by atoms with Crippen LogP contribution in [0.1, 0.15) is 27.7 Å². The Morgan fingerprint density at radius 1 is 1.00 bits per heavy atom. The second-order valence-corrected chi connectivity index (χ2v) is 4.66. The number of hydrogen-bond acceptors (Lipinski definition) is 2. The Hall–Kier alpha value is -0.890. The van der Waals surface area contributed by atoms with Gasteiger partial charge in [0.05, 0.1) is 0 Å². The van der Waals surface area contributed by atoms with Gasteiger partial charge in [-0.15, -0.1) is 0 Å². The first-order valence-electron chi connectivity index (χ1n) is 4.41. The van der Waals surface area contributed by atoms with E-state index in [-0.39, 0.29) is 16.9 Å². The van der Waals surface area contributed by atoms with Crippen molar-refractivity contribution in [1.29, 1.82) is 0 Å². The lowest BCUT2D eigenvalue weighted by Crippen LogP contribution is -2.60. The minimum absolute atomic E-state index is 0.00579. The average molecular weight is 179 g/mol. The van der Waals surface area contributed by atoms with E-state index < -0.39 is 0 Å². The molecule has 1 saturated heterocycles. The molecule has 2 heteroatoms. The predicted octanol–water partition coefficient (Wildman–Crippen LogP) is 1.83. The number of carbonyl (C=O) groups excluding carboxylic acids is 1. The zero-order valence-corrected chi connectivity index (χ0v) is 8.82. The van der Waals surface area contributed by atoms with Crippen LogP contribution < -0.4 is 5.32 Å². The van der Waals surface area contributed by atoms with Crippen LogP contribution in [0.15, 0.2) is 24.3 Å². The van der Waals surface area contributed by atoms with Crippen molar-refractivity contribution in [3.05, 3.63) is 24.3 Å². The van der Waals surface area contributed by atoms with Crippen LogP contribution in [0, 0.1) is 0 Å². The van der Waals surface area contributed by atoms with Crippen LogP contribution in [0.25, 0.3) is 0 Å². The summed E-state index contributed by atoms with van der Waals surface area (Å²) in [6.45, 7) is 15.4. The van der Waals surface area contributed by atoms with Gasteiger partial charge in [-0.25, -0.2) is 0 Å². The highest BCUT2D eigenvalue weighted by Crippen LogP contribution is 2.31. The van der Waals surface area contributed by atoms with Gasteiger partial charge in [0.1, 0.15) is 0 Å². The van der Waals surface area contributed by atoms with E-state index in [0.29, 0.717) is 11.1 Å². The minimum atomic E-state index is -0.332. The SMILES string of the molecule is C=C1C(=O)C(=C)C(C)(C)NC1(C)C. The summed E-state index contributed by atoms with van der Waals surface area (Å²) >= 11 is 0. The number of rotatable bonds is 0. The van der Waals surface area contributed by atoms with Crippen LogP contribution in [-0.2, 0) is 4.79 Å². The van der Waals surface area contributed by atoms with Crippen LogP contribution in [0.4, 0.5) is 0 Å². The number of Topliss-reactive ketones (excluding diaryl/α,β-unsaturated/α-hetero) is 1. The standard InChI is InChI=1S/C11H17NO/c1-7-9(13)8(2)11(5,6)12-10(7,3)4/h12H,1-2H2,3-6H3. The molecular formula is C11H17NO. The van der Waals surface area contributed by atoms with Gasteiger partial charge >= 0.3 is 0 Å². The first-order valence-corrected chi connectivity index (χ1v) is 4.41. The molecule has 0 bridgehead atoms. The van der Waals surface area contributed by atoms with Crippen LogP contribution in [0.5, 0.6) is 0 Å². The number of carbonyl (C=O) groups is 1. The lowest BCUT2D eigenvalue weighted by molar-refractivity contribution is -0.114. The molecule has 1 aliphatic rings. The predicted molar refractivity (Wildman–Crippen MR) is 54.6 cm³/mol. The van der Waals surface area contributed by atoms with E-state index in [1.165, 1.54) is 0 Å². The molecule has 2 nitrogen and oxygen atoms in total. The maximum absolute atomic E-state index is 11.7. The van der Waals surface area contributed by atoms with Crippen molar-refractivity contribution in [2.75, 3.05) is 0 Å². The Morgan fingerprint density at radius 2 is 1.31 bits per heavy atom. The lowest BCUT2D eigenvalue weighted by Gasteiger charge is -2.44. The quantitative estimate of drug-likeness (QED) is 0.575. The summed E-state index contributed by atoms with van der Waals surface area (Å²) in [7, 11) is 0. The number of piperidine rings is 1. The molecule has 72 valence electrons. The van der Waals surface area contributed by atoms with Gasteiger partial charge in [0, 0.05) is 22.2 Å². The van der Waals surface area contributed by atoms with E-state index in [1.807, 2.05) is 27.7 Å². The Balaban J connectivity index is 3.14. The molecule has 1 N–H and O–H groups in total. The number of ketones is 1. The Kier molecular flexibility index (Phi) is 2.00. The summed E-state index contributed by atoms with van der Waals surface area (Å²) < 4.78 is 0. The van der Waals surface area contributed by atoms with Gasteiger partial charge in [0.2, 0.25) is 0 Å². The molecule has 0 radical (unpaired) electrons. The lowest BCUT2D eigenvalue weighted by atomic mass is 9.76. The minimum Gasteiger partial charge on any atom is -0.299 e. The van der Waals surface area contributed by atoms with Gasteiger partial charge in [0.25, 0.3) is 0 Å². The van der Waals surface area contributed by atoms with Crippen LogP contribution in [0.2, 0.25) is 0 Å². The number of nitrogens with one attached hydrogen (secondary N) is 1. The summed E-state index contributed by atoms with van der Waals surface area (Å²) in [6, 6.07) is 0. The third kappa shape index (κ3) is 1.46.